The van der Waals surface area contributed by atoms with Crippen LogP contribution in [0.4, 0.5) is 0 Å². The fourth-order valence-corrected chi connectivity index (χ4v) is 4.66. The smallest absolute Gasteiger partial charge is 0.357 e. The fourth-order valence-electron chi connectivity index (χ4n) is 2.95. The number of aliphatic carboxylic acids is 1. The molecule has 1 unspecified atom stereocenters. The van der Waals surface area contributed by atoms with Crippen LogP contribution < -0.4 is 0 Å². The average molecular weight is 364 g/mol. The standard InChI is InChI=1S/C16H16N2O6S/c1-24-16(21)14-12-3-2-4-13(11(12)5-7-17-14)25(22,23)18-8-6-10(9-18)15(19)20/h2-5,7,10H,6,8-9H2,1H3,(H,19,20). The number of sulfonamides is 1. The van der Waals surface area contributed by atoms with Crippen molar-refractivity contribution in [1.82, 2.24) is 9.29 Å². The van der Waals surface area contributed by atoms with E-state index in [0.717, 1.165) is 0 Å². The zero-order valence-corrected chi connectivity index (χ0v) is 14.2. The molecular formula is C16H16N2O6S. The molecule has 9 heteroatoms. The summed E-state index contributed by atoms with van der Waals surface area (Å²) in [5, 5.41) is 9.79. The molecule has 0 spiro atoms. The number of fused-ring (bicyclic) bond motifs is 1. The minimum atomic E-state index is -3.89. The maximum Gasteiger partial charge on any atom is 0.357 e. The van der Waals surface area contributed by atoms with Gasteiger partial charge in [0.15, 0.2) is 5.69 Å². The predicted octanol–water partition coefficient (Wildman–Crippen LogP) is 1.12. The van der Waals surface area contributed by atoms with Crippen molar-refractivity contribution in [2.24, 2.45) is 5.92 Å². The van der Waals surface area contributed by atoms with E-state index in [1.165, 1.54) is 35.8 Å². The number of methoxy groups -OCH3 is 1. The molecule has 1 aliphatic heterocycles. The van der Waals surface area contributed by atoms with Gasteiger partial charge in [-0.05, 0) is 18.6 Å². The van der Waals surface area contributed by atoms with Gasteiger partial charge >= 0.3 is 11.9 Å². The minimum absolute atomic E-state index is 0.0172. The van der Waals surface area contributed by atoms with Gasteiger partial charge in [0.2, 0.25) is 10.0 Å². The van der Waals surface area contributed by atoms with Crippen molar-refractivity contribution in [1.29, 1.82) is 0 Å². The Kier molecular flexibility index (Phi) is 4.44. The van der Waals surface area contributed by atoms with Gasteiger partial charge in [0, 0.05) is 30.1 Å². The maximum absolute atomic E-state index is 13.0. The van der Waals surface area contributed by atoms with Crippen LogP contribution in [-0.2, 0) is 19.6 Å². The summed E-state index contributed by atoms with van der Waals surface area (Å²) < 4.78 is 31.8. The number of hydrogen-bond acceptors (Lipinski definition) is 6. The third-order valence-electron chi connectivity index (χ3n) is 4.26. The summed E-state index contributed by atoms with van der Waals surface area (Å²) in [6, 6.07) is 6.07. The van der Waals surface area contributed by atoms with Crippen LogP contribution in [0.15, 0.2) is 35.4 Å². The van der Waals surface area contributed by atoms with Crippen LogP contribution >= 0.6 is 0 Å². The number of hydrogen-bond donors (Lipinski definition) is 1. The van der Waals surface area contributed by atoms with Gasteiger partial charge in [-0.25, -0.2) is 18.2 Å². The Labute approximate surface area is 144 Å². The molecule has 1 atom stereocenters. The summed E-state index contributed by atoms with van der Waals surface area (Å²) in [6.45, 7) is 0.0770. The summed E-state index contributed by atoms with van der Waals surface area (Å²) in [4.78, 5) is 26.9. The largest absolute Gasteiger partial charge is 0.481 e. The van der Waals surface area contributed by atoms with Crippen molar-refractivity contribution in [2.75, 3.05) is 20.2 Å². The molecule has 2 heterocycles. The molecule has 1 N–H and O–H groups in total. The lowest BCUT2D eigenvalue weighted by Crippen LogP contribution is -2.30. The number of carboxylic acids is 1. The topological polar surface area (TPSA) is 114 Å². The van der Waals surface area contributed by atoms with Crippen LogP contribution in [-0.4, -0.2) is 55.0 Å². The molecule has 25 heavy (non-hydrogen) atoms. The Morgan fingerprint density at radius 3 is 2.68 bits per heavy atom. The predicted molar refractivity (Wildman–Crippen MR) is 87.6 cm³/mol. The first-order chi connectivity index (χ1) is 11.9. The number of esters is 1. The lowest BCUT2D eigenvalue weighted by molar-refractivity contribution is -0.141. The summed E-state index contributed by atoms with van der Waals surface area (Å²) in [6.07, 6.45) is 1.62. The number of nitrogens with zero attached hydrogens (tertiary/aromatic N) is 2. The monoisotopic (exact) mass is 364 g/mol. The van der Waals surface area contributed by atoms with Crippen LogP contribution in [0.1, 0.15) is 16.9 Å². The summed E-state index contributed by atoms with van der Waals surface area (Å²) in [5.41, 5.74) is 0.0295. The van der Waals surface area contributed by atoms with E-state index in [1.54, 1.807) is 6.07 Å². The number of benzene rings is 1. The van der Waals surface area contributed by atoms with Gasteiger partial charge in [0.1, 0.15) is 0 Å². The Bertz CT molecular complexity index is 956. The van der Waals surface area contributed by atoms with Crippen LogP contribution in [0.2, 0.25) is 0 Å². The molecule has 8 nitrogen and oxygen atoms in total. The summed E-state index contributed by atoms with van der Waals surface area (Å²) >= 11 is 0. The van der Waals surface area contributed by atoms with Gasteiger partial charge in [0.05, 0.1) is 17.9 Å². The Hall–Kier alpha value is -2.52. The lowest BCUT2D eigenvalue weighted by atomic mass is 10.1. The molecule has 2 aromatic rings. The number of carboxylic acid groups (broad SMARTS) is 1. The van der Waals surface area contributed by atoms with Gasteiger partial charge in [-0.1, -0.05) is 12.1 Å². The van der Waals surface area contributed by atoms with Gasteiger partial charge in [-0.3, -0.25) is 4.79 Å². The van der Waals surface area contributed by atoms with Crippen molar-refractivity contribution < 1.29 is 27.9 Å². The van der Waals surface area contributed by atoms with Gasteiger partial charge in [-0.15, -0.1) is 0 Å². The number of carbonyl (C=O) groups excluding carboxylic acids is 1. The second-order valence-corrected chi connectivity index (χ2v) is 7.60. The van der Waals surface area contributed by atoms with Gasteiger partial charge in [0.25, 0.3) is 0 Å². The average Bonchev–Trinajstić information content (AvgIpc) is 3.11. The van der Waals surface area contributed by atoms with E-state index in [1.807, 2.05) is 0 Å². The molecule has 1 saturated heterocycles. The van der Waals surface area contributed by atoms with Crippen LogP contribution in [0, 0.1) is 5.92 Å². The van der Waals surface area contributed by atoms with E-state index >= 15 is 0 Å². The van der Waals surface area contributed by atoms with Crippen molar-refractivity contribution in [3.8, 4) is 0 Å². The molecule has 1 aromatic heterocycles. The molecule has 3 rings (SSSR count). The quantitative estimate of drug-likeness (QED) is 0.809. The zero-order valence-electron chi connectivity index (χ0n) is 13.4. The van der Waals surface area contributed by atoms with Crippen molar-refractivity contribution in [2.45, 2.75) is 11.3 Å². The fraction of sp³-hybridized carbons (Fsp3) is 0.312. The molecular weight excluding hydrogens is 348 g/mol. The maximum atomic E-state index is 13.0. The Morgan fingerprint density at radius 2 is 2.04 bits per heavy atom. The highest BCUT2D eigenvalue weighted by molar-refractivity contribution is 7.89. The second-order valence-electron chi connectivity index (χ2n) is 5.69. The molecule has 1 fully saturated rings. The molecule has 0 aliphatic carbocycles. The van der Waals surface area contributed by atoms with Crippen molar-refractivity contribution in [3.05, 3.63) is 36.2 Å². The highest BCUT2D eigenvalue weighted by atomic mass is 32.2. The molecule has 1 aliphatic rings. The van der Waals surface area contributed by atoms with Crippen molar-refractivity contribution >= 4 is 32.7 Å². The normalized spacial score (nSPS) is 18.4. The van der Waals surface area contributed by atoms with Crippen LogP contribution in [0.25, 0.3) is 10.8 Å². The van der Waals surface area contributed by atoms with E-state index in [2.05, 4.69) is 9.72 Å². The number of aromatic nitrogens is 1. The van der Waals surface area contributed by atoms with Crippen LogP contribution in [0.5, 0.6) is 0 Å². The molecule has 0 bridgehead atoms. The number of rotatable bonds is 4. The van der Waals surface area contributed by atoms with E-state index in [-0.39, 0.29) is 30.1 Å². The first-order valence-electron chi connectivity index (χ1n) is 7.55. The summed E-state index contributed by atoms with van der Waals surface area (Å²) in [7, 11) is -2.67. The lowest BCUT2D eigenvalue weighted by Gasteiger charge is -2.17. The van der Waals surface area contributed by atoms with Crippen molar-refractivity contribution in [3.63, 3.8) is 0 Å². The molecule has 1 aromatic carbocycles. The third-order valence-corrected chi connectivity index (χ3v) is 6.19. The highest BCUT2D eigenvalue weighted by Crippen LogP contribution is 2.30. The first-order valence-corrected chi connectivity index (χ1v) is 8.99. The summed E-state index contributed by atoms with van der Waals surface area (Å²) in [5.74, 6) is -2.38. The third kappa shape index (κ3) is 2.96. The van der Waals surface area contributed by atoms with E-state index in [4.69, 9.17) is 5.11 Å². The molecule has 0 amide bonds. The molecule has 0 saturated carbocycles. The van der Waals surface area contributed by atoms with E-state index in [0.29, 0.717) is 10.8 Å². The zero-order chi connectivity index (χ0) is 18.2. The Balaban J connectivity index is 2.10. The number of carbonyl (C=O) groups is 2. The molecule has 0 radical (unpaired) electrons. The number of ether oxygens (including phenoxy) is 1. The van der Waals surface area contributed by atoms with Crippen LogP contribution in [0.3, 0.4) is 0 Å². The second kappa shape index (κ2) is 6.41. The Morgan fingerprint density at radius 1 is 1.28 bits per heavy atom. The van der Waals surface area contributed by atoms with E-state index in [9.17, 15) is 18.0 Å². The SMILES string of the molecule is COC(=O)c1nccc2c(S(=O)(=O)N3CCC(C(=O)O)C3)cccc12. The molecule has 132 valence electrons. The van der Waals surface area contributed by atoms with Gasteiger partial charge in [-0.2, -0.15) is 4.31 Å². The van der Waals surface area contributed by atoms with Gasteiger partial charge < -0.3 is 9.84 Å². The number of pyridine rings is 1. The minimum Gasteiger partial charge on any atom is -0.481 e. The highest BCUT2D eigenvalue weighted by Gasteiger charge is 2.36. The first kappa shape index (κ1) is 17.3. The van der Waals surface area contributed by atoms with E-state index < -0.39 is 27.9 Å².